The van der Waals surface area contributed by atoms with Gasteiger partial charge in [-0.1, -0.05) is 0 Å². The van der Waals surface area contributed by atoms with E-state index in [4.69, 9.17) is 9.47 Å². The highest BCUT2D eigenvalue weighted by molar-refractivity contribution is 5.85. The minimum absolute atomic E-state index is 0.0183. The lowest BCUT2D eigenvalue weighted by Crippen LogP contribution is -2.43. The van der Waals surface area contributed by atoms with Crippen molar-refractivity contribution in [3.63, 3.8) is 0 Å². The van der Waals surface area contributed by atoms with Crippen molar-refractivity contribution in [1.29, 1.82) is 0 Å². The molecule has 0 amide bonds. The number of pyridine rings is 1. The molecular weight excluding hydrogens is 482 g/mol. The highest BCUT2D eigenvalue weighted by atomic mass is 19.1. The zero-order valence-corrected chi connectivity index (χ0v) is 21.0. The summed E-state index contributed by atoms with van der Waals surface area (Å²) in [5.74, 6) is -0.541. The van der Waals surface area contributed by atoms with Crippen molar-refractivity contribution in [2.75, 3.05) is 40.0 Å². The number of rotatable bonds is 11. The summed E-state index contributed by atoms with van der Waals surface area (Å²) in [6.45, 7) is 2.17. The molecule has 200 valence electrons. The molecule has 0 radical (unpaired) electrons. The Morgan fingerprint density at radius 2 is 1.78 bits per heavy atom. The van der Waals surface area contributed by atoms with Crippen LogP contribution in [-0.2, 0) is 6.61 Å². The van der Waals surface area contributed by atoms with Crippen LogP contribution in [0.2, 0.25) is 0 Å². The normalized spacial score (nSPS) is 16.6. The summed E-state index contributed by atoms with van der Waals surface area (Å²) < 4.78 is 37.5. The lowest BCUT2D eigenvalue weighted by Gasteiger charge is -2.41. The molecule has 9 heteroatoms. The van der Waals surface area contributed by atoms with E-state index in [0.717, 1.165) is 49.5 Å². The zero-order chi connectivity index (χ0) is 26.4. The predicted octanol–water partition coefficient (Wildman–Crippen LogP) is 3.98. The molecule has 0 spiro atoms. The molecule has 1 aliphatic rings. The number of aliphatic hydroxyl groups is 3. The number of hydrogen-bond acceptors (Lipinski definition) is 7. The van der Waals surface area contributed by atoms with Gasteiger partial charge in [-0.2, -0.15) is 0 Å². The first kappa shape index (κ1) is 27.2. The number of aliphatic hydroxyl groups excluding tert-OH is 3. The number of halogens is 2. The third kappa shape index (κ3) is 6.54. The van der Waals surface area contributed by atoms with Crippen molar-refractivity contribution in [1.82, 2.24) is 9.88 Å². The molecule has 2 heterocycles. The lowest BCUT2D eigenvalue weighted by atomic mass is 9.74. The minimum Gasteiger partial charge on any atom is -0.497 e. The molecule has 0 unspecified atom stereocenters. The number of nitrogens with zero attached hydrogens (tertiary/aromatic N) is 2. The van der Waals surface area contributed by atoms with Gasteiger partial charge >= 0.3 is 0 Å². The van der Waals surface area contributed by atoms with Crippen LogP contribution in [0.3, 0.4) is 0 Å². The van der Waals surface area contributed by atoms with Crippen LogP contribution in [0.25, 0.3) is 10.9 Å². The van der Waals surface area contributed by atoms with Crippen LogP contribution in [0.15, 0.2) is 42.6 Å². The summed E-state index contributed by atoms with van der Waals surface area (Å²) in [5.41, 5.74) is 1.60. The fraction of sp³-hybridized carbons (Fsp3) is 0.464. The Hall–Kier alpha value is -2.85. The number of fused-ring (bicyclic) bond motifs is 1. The van der Waals surface area contributed by atoms with Gasteiger partial charge in [0.25, 0.3) is 0 Å². The summed E-state index contributed by atoms with van der Waals surface area (Å²) in [5, 5.41) is 32.1. The number of piperidine rings is 1. The molecule has 3 N–H and O–H groups in total. The van der Waals surface area contributed by atoms with E-state index in [1.54, 1.807) is 19.4 Å². The zero-order valence-electron chi connectivity index (χ0n) is 21.0. The van der Waals surface area contributed by atoms with Crippen molar-refractivity contribution >= 4 is 10.9 Å². The molecule has 0 saturated carbocycles. The molecule has 1 aromatic heterocycles. The Balaban J connectivity index is 1.35. The molecule has 37 heavy (non-hydrogen) atoms. The highest BCUT2D eigenvalue weighted by Gasteiger charge is 2.34. The third-order valence-electron chi connectivity index (χ3n) is 7.42. The Kier molecular flexibility index (Phi) is 8.91. The molecular formula is C28H34F2N2O5. The maximum Gasteiger partial charge on any atom is 0.129 e. The van der Waals surface area contributed by atoms with E-state index in [9.17, 15) is 24.1 Å². The number of methoxy groups -OCH3 is 1. The minimum atomic E-state index is -0.832. The molecule has 3 aromatic rings. The van der Waals surface area contributed by atoms with Gasteiger partial charge in [-0.15, -0.1) is 0 Å². The Morgan fingerprint density at radius 1 is 1.05 bits per heavy atom. The highest BCUT2D eigenvalue weighted by Crippen LogP contribution is 2.39. The topological polar surface area (TPSA) is 95.3 Å². The summed E-state index contributed by atoms with van der Waals surface area (Å²) in [4.78, 5) is 6.59. The van der Waals surface area contributed by atoms with Crippen LogP contribution in [0, 0.1) is 17.0 Å². The van der Waals surface area contributed by atoms with Crippen molar-refractivity contribution in [3.05, 3.63) is 65.4 Å². The number of hydrogen-bond donors (Lipinski definition) is 3. The first-order chi connectivity index (χ1) is 17.9. The van der Waals surface area contributed by atoms with E-state index in [0.29, 0.717) is 48.4 Å². The van der Waals surface area contributed by atoms with Crippen molar-refractivity contribution in [2.24, 2.45) is 5.41 Å². The van der Waals surface area contributed by atoms with Gasteiger partial charge in [0.15, 0.2) is 0 Å². The second-order valence-corrected chi connectivity index (χ2v) is 9.75. The third-order valence-corrected chi connectivity index (χ3v) is 7.42. The summed E-state index contributed by atoms with van der Waals surface area (Å²) in [6, 6.07) is 8.57. The van der Waals surface area contributed by atoms with E-state index in [1.165, 1.54) is 0 Å². The SMILES string of the molecule is COc1ccc2ncc(CO)c([C@H](O)CCC3(CO)CCN(CCOc4cc(F)cc(F)c4)CC3)c2c1. The fourth-order valence-electron chi connectivity index (χ4n) is 5.11. The largest absolute Gasteiger partial charge is 0.497 e. The van der Waals surface area contributed by atoms with Crippen molar-refractivity contribution in [3.8, 4) is 11.5 Å². The van der Waals surface area contributed by atoms with Crippen LogP contribution in [-0.4, -0.2) is 65.2 Å². The number of likely N-dealkylation sites (tertiary alicyclic amines) is 1. The second-order valence-electron chi connectivity index (χ2n) is 9.75. The van der Waals surface area contributed by atoms with Gasteiger partial charge in [0.2, 0.25) is 0 Å². The number of ether oxygens (including phenoxy) is 2. The molecule has 7 nitrogen and oxygen atoms in total. The van der Waals surface area contributed by atoms with Crippen LogP contribution < -0.4 is 9.47 Å². The van der Waals surface area contributed by atoms with E-state index >= 15 is 0 Å². The van der Waals surface area contributed by atoms with Gasteiger partial charge in [0.05, 0.1) is 25.3 Å². The van der Waals surface area contributed by atoms with Gasteiger partial charge in [-0.05, 0) is 68.0 Å². The quantitative estimate of drug-likeness (QED) is 0.355. The fourth-order valence-corrected chi connectivity index (χ4v) is 5.11. The molecule has 4 rings (SSSR count). The van der Waals surface area contributed by atoms with Gasteiger partial charge in [0, 0.05) is 48.5 Å². The van der Waals surface area contributed by atoms with E-state index in [1.807, 2.05) is 12.1 Å². The first-order valence-corrected chi connectivity index (χ1v) is 12.5. The van der Waals surface area contributed by atoms with Crippen LogP contribution in [0.5, 0.6) is 11.5 Å². The van der Waals surface area contributed by atoms with Gasteiger partial charge < -0.3 is 24.8 Å². The Morgan fingerprint density at radius 3 is 2.43 bits per heavy atom. The summed E-state index contributed by atoms with van der Waals surface area (Å²) >= 11 is 0. The standard InChI is InChI=1S/C28H34F2N2O5/c1-36-22-2-3-25-24(15-22)27(19(17-33)16-31-25)26(35)4-5-28(18-34)6-8-32(9-7-28)10-11-37-23-13-20(29)12-21(30)14-23/h2-3,12-16,26,33-35H,4-11,17-18H2,1H3/t26-/m1/s1. The average molecular weight is 517 g/mol. The smallest absolute Gasteiger partial charge is 0.129 e. The maximum absolute atomic E-state index is 13.3. The van der Waals surface area contributed by atoms with Gasteiger partial charge in [-0.3, -0.25) is 9.88 Å². The van der Waals surface area contributed by atoms with E-state index in [-0.39, 0.29) is 24.4 Å². The van der Waals surface area contributed by atoms with Crippen molar-refractivity contribution in [2.45, 2.75) is 38.4 Å². The Bertz CT molecular complexity index is 1180. The molecule has 1 aliphatic heterocycles. The second kappa shape index (κ2) is 12.1. The van der Waals surface area contributed by atoms with Crippen LogP contribution >= 0.6 is 0 Å². The number of aromatic nitrogens is 1. The van der Waals surface area contributed by atoms with Gasteiger partial charge in [0.1, 0.15) is 29.7 Å². The first-order valence-electron chi connectivity index (χ1n) is 12.5. The van der Waals surface area contributed by atoms with Gasteiger partial charge in [-0.25, -0.2) is 8.78 Å². The maximum atomic E-state index is 13.3. The van der Waals surface area contributed by atoms with E-state index in [2.05, 4.69) is 9.88 Å². The molecule has 1 fully saturated rings. The Labute approximate surface area is 215 Å². The predicted molar refractivity (Wildman–Crippen MR) is 135 cm³/mol. The summed E-state index contributed by atoms with van der Waals surface area (Å²) in [6.07, 6.45) is 3.31. The monoisotopic (exact) mass is 516 g/mol. The molecule has 2 aromatic carbocycles. The summed E-state index contributed by atoms with van der Waals surface area (Å²) in [7, 11) is 1.57. The van der Waals surface area contributed by atoms with Crippen molar-refractivity contribution < 1.29 is 33.6 Å². The number of benzene rings is 2. The molecule has 0 aliphatic carbocycles. The molecule has 0 bridgehead atoms. The average Bonchev–Trinajstić information content (AvgIpc) is 2.91. The molecule has 1 atom stereocenters. The lowest BCUT2D eigenvalue weighted by molar-refractivity contribution is 0.0203. The molecule has 1 saturated heterocycles. The van der Waals surface area contributed by atoms with Crippen LogP contribution in [0.4, 0.5) is 8.78 Å². The van der Waals surface area contributed by atoms with Crippen LogP contribution in [0.1, 0.15) is 42.9 Å². The van der Waals surface area contributed by atoms with E-state index < -0.39 is 17.7 Å².